The van der Waals surface area contributed by atoms with Crippen molar-refractivity contribution in [3.63, 3.8) is 0 Å². The van der Waals surface area contributed by atoms with Crippen molar-refractivity contribution in [3.05, 3.63) is 42.1 Å². The van der Waals surface area contributed by atoms with Gasteiger partial charge >= 0.3 is 6.09 Å². The molecule has 9 heteroatoms. The number of fused-ring (bicyclic) bond motifs is 1. The number of amides is 1. The van der Waals surface area contributed by atoms with E-state index in [-0.39, 0.29) is 0 Å². The van der Waals surface area contributed by atoms with E-state index in [0.29, 0.717) is 12.5 Å². The summed E-state index contributed by atoms with van der Waals surface area (Å²) in [6.45, 7) is 6.81. The van der Waals surface area contributed by atoms with Gasteiger partial charge in [-0.15, -0.1) is 11.3 Å². The number of hydrogen-bond donors (Lipinski definition) is 3. The average Bonchev–Trinajstić information content (AvgIpc) is 3.20. The molecular weight excluding hydrogens is 412 g/mol. The van der Waals surface area contributed by atoms with Crippen molar-refractivity contribution in [3.8, 4) is 10.6 Å². The molecule has 3 aromatic rings. The predicted molar refractivity (Wildman–Crippen MR) is 125 cm³/mol. The topological polar surface area (TPSA) is 93.6 Å². The molecule has 1 fully saturated rings. The molecule has 3 N–H and O–H groups in total. The third-order valence-electron chi connectivity index (χ3n) is 5.47. The monoisotopic (exact) mass is 440 g/mol. The molecule has 1 aromatic carbocycles. The van der Waals surface area contributed by atoms with Gasteiger partial charge in [-0.1, -0.05) is 12.1 Å². The fourth-order valence-corrected chi connectivity index (χ4v) is 4.74. The number of piperazine rings is 1. The van der Waals surface area contributed by atoms with Crippen LogP contribution in [0.25, 0.3) is 20.7 Å². The molecule has 1 saturated heterocycles. The number of benzene rings is 1. The molecule has 4 rings (SSSR count). The second-order valence-electron chi connectivity index (χ2n) is 7.83. The molecule has 164 valence electrons. The van der Waals surface area contributed by atoms with E-state index in [2.05, 4.69) is 38.5 Å². The van der Waals surface area contributed by atoms with Crippen LogP contribution >= 0.6 is 11.3 Å². The first-order valence-corrected chi connectivity index (χ1v) is 11.4. The Morgan fingerprint density at radius 1 is 1.19 bits per heavy atom. The Kier molecular flexibility index (Phi) is 6.96. The standard InChI is InChI=1S/C22H28N6O2S/c1-27-9-11-28(12-10-27)8-2-6-23-21-24-7-5-18(26-21)20-14-17-4-3-16(13-19(17)31-20)15-25-22(29)30/h3-5,7,13-14,25H,2,6,8-12,15H2,1H3,(H,29,30)(H,23,24,26). The minimum absolute atomic E-state index is 0.300. The van der Waals surface area contributed by atoms with Gasteiger partial charge in [0, 0.05) is 50.2 Å². The average molecular weight is 441 g/mol. The second kappa shape index (κ2) is 10.0. The van der Waals surface area contributed by atoms with Gasteiger partial charge in [-0.2, -0.15) is 0 Å². The highest BCUT2D eigenvalue weighted by atomic mass is 32.1. The zero-order valence-electron chi connectivity index (χ0n) is 17.7. The number of hydrogen-bond acceptors (Lipinski definition) is 7. The quantitative estimate of drug-likeness (QED) is 0.463. The summed E-state index contributed by atoms with van der Waals surface area (Å²) in [5, 5.41) is 15.7. The van der Waals surface area contributed by atoms with E-state index in [0.717, 1.165) is 71.9 Å². The van der Waals surface area contributed by atoms with Crippen molar-refractivity contribution in [2.24, 2.45) is 0 Å². The normalized spacial score (nSPS) is 15.3. The molecule has 1 amide bonds. The lowest BCUT2D eigenvalue weighted by Gasteiger charge is -2.32. The number of rotatable bonds is 8. The predicted octanol–water partition coefficient (Wildman–Crippen LogP) is 3.18. The first-order chi connectivity index (χ1) is 15.1. The Morgan fingerprint density at radius 3 is 2.84 bits per heavy atom. The number of nitrogens with one attached hydrogen (secondary N) is 2. The van der Waals surface area contributed by atoms with Gasteiger partial charge in [0.2, 0.25) is 5.95 Å². The Hall–Kier alpha value is -2.75. The molecule has 0 saturated carbocycles. The number of aromatic nitrogens is 2. The summed E-state index contributed by atoms with van der Waals surface area (Å²) in [7, 11) is 2.18. The van der Waals surface area contributed by atoms with Crippen LogP contribution < -0.4 is 10.6 Å². The van der Waals surface area contributed by atoms with Crippen molar-refractivity contribution < 1.29 is 9.90 Å². The molecule has 1 aliphatic rings. The van der Waals surface area contributed by atoms with Crippen molar-refractivity contribution in [1.29, 1.82) is 0 Å². The molecule has 0 spiro atoms. The molecule has 2 aromatic heterocycles. The van der Waals surface area contributed by atoms with Gasteiger partial charge in [-0.05, 0) is 49.2 Å². The Labute approximate surface area is 185 Å². The van der Waals surface area contributed by atoms with Crippen LogP contribution in [-0.2, 0) is 6.54 Å². The maximum atomic E-state index is 10.7. The summed E-state index contributed by atoms with van der Waals surface area (Å²) in [5.74, 6) is 0.652. The minimum Gasteiger partial charge on any atom is -0.465 e. The maximum absolute atomic E-state index is 10.7. The van der Waals surface area contributed by atoms with Crippen molar-refractivity contribution in [2.45, 2.75) is 13.0 Å². The highest BCUT2D eigenvalue weighted by Crippen LogP contribution is 2.33. The zero-order chi connectivity index (χ0) is 21.6. The van der Waals surface area contributed by atoms with Crippen LogP contribution in [-0.4, -0.2) is 77.3 Å². The van der Waals surface area contributed by atoms with Crippen molar-refractivity contribution in [2.75, 3.05) is 51.6 Å². The van der Waals surface area contributed by atoms with Crippen molar-refractivity contribution in [1.82, 2.24) is 25.1 Å². The van der Waals surface area contributed by atoms with E-state index in [1.54, 1.807) is 17.5 Å². The van der Waals surface area contributed by atoms with Crippen LogP contribution in [0.1, 0.15) is 12.0 Å². The third-order valence-corrected chi connectivity index (χ3v) is 6.59. The van der Waals surface area contributed by atoms with Gasteiger partial charge in [-0.3, -0.25) is 0 Å². The smallest absolute Gasteiger partial charge is 0.404 e. The second-order valence-corrected chi connectivity index (χ2v) is 8.92. The number of nitrogens with zero attached hydrogens (tertiary/aromatic N) is 4. The van der Waals surface area contributed by atoms with Gasteiger partial charge in [0.25, 0.3) is 0 Å². The maximum Gasteiger partial charge on any atom is 0.404 e. The molecule has 3 heterocycles. The molecule has 0 radical (unpaired) electrons. The van der Waals surface area contributed by atoms with Crippen LogP contribution in [0.4, 0.5) is 10.7 Å². The lowest BCUT2D eigenvalue weighted by molar-refractivity contribution is 0.154. The summed E-state index contributed by atoms with van der Waals surface area (Å²) in [6, 6.07) is 10.0. The van der Waals surface area contributed by atoms with Crippen LogP contribution in [0.2, 0.25) is 0 Å². The fourth-order valence-electron chi connectivity index (χ4n) is 3.64. The number of anilines is 1. The zero-order valence-corrected chi connectivity index (χ0v) is 18.5. The highest BCUT2D eigenvalue weighted by molar-refractivity contribution is 7.22. The molecule has 0 aliphatic carbocycles. The van der Waals surface area contributed by atoms with Crippen LogP contribution in [0.15, 0.2) is 36.5 Å². The van der Waals surface area contributed by atoms with Crippen LogP contribution in [0, 0.1) is 0 Å². The molecule has 8 nitrogen and oxygen atoms in total. The molecule has 0 atom stereocenters. The lowest BCUT2D eigenvalue weighted by Crippen LogP contribution is -2.44. The van der Waals surface area contributed by atoms with E-state index in [1.807, 2.05) is 24.3 Å². The van der Waals surface area contributed by atoms with Gasteiger partial charge in [-0.25, -0.2) is 14.8 Å². The number of thiophene rings is 1. The fraction of sp³-hybridized carbons (Fsp3) is 0.409. The molecular formula is C22H28N6O2S. The van der Waals surface area contributed by atoms with Gasteiger partial charge in [0.1, 0.15) is 0 Å². The first-order valence-electron chi connectivity index (χ1n) is 10.5. The highest BCUT2D eigenvalue weighted by Gasteiger charge is 2.13. The van der Waals surface area contributed by atoms with E-state index in [4.69, 9.17) is 10.1 Å². The summed E-state index contributed by atoms with van der Waals surface area (Å²) in [4.78, 5) is 25.7. The SMILES string of the molecule is CN1CCN(CCCNc2nccc(-c3cc4ccc(CNC(=O)O)cc4s3)n2)CC1. The summed E-state index contributed by atoms with van der Waals surface area (Å²) in [6.07, 6.45) is 1.84. The Balaban J connectivity index is 1.35. The number of likely N-dealkylation sites (N-methyl/N-ethyl adjacent to an activating group) is 1. The van der Waals surface area contributed by atoms with Crippen molar-refractivity contribution >= 4 is 33.5 Å². The van der Waals surface area contributed by atoms with Gasteiger partial charge < -0.3 is 25.5 Å². The molecule has 0 bridgehead atoms. The van der Waals surface area contributed by atoms with Gasteiger partial charge in [0.15, 0.2) is 0 Å². The first kappa shape index (κ1) is 21.5. The largest absolute Gasteiger partial charge is 0.465 e. The van der Waals surface area contributed by atoms with E-state index in [1.165, 1.54) is 0 Å². The molecule has 1 aliphatic heterocycles. The number of carbonyl (C=O) groups is 1. The Morgan fingerprint density at radius 2 is 2.03 bits per heavy atom. The summed E-state index contributed by atoms with van der Waals surface area (Å²) < 4.78 is 1.11. The van der Waals surface area contributed by atoms with Crippen LogP contribution in [0.5, 0.6) is 0 Å². The van der Waals surface area contributed by atoms with Crippen LogP contribution in [0.3, 0.4) is 0 Å². The minimum atomic E-state index is -1.02. The number of carboxylic acid groups (broad SMARTS) is 1. The third kappa shape index (κ3) is 5.90. The van der Waals surface area contributed by atoms with E-state index < -0.39 is 6.09 Å². The molecule has 0 unspecified atom stereocenters. The lowest BCUT2D eigenvalue weighted by atomic mass is 10.1. The van der Waals surface area contributed by atoms with E-state index >= 15 is 0 Å². The molecule has 31 heavy (non-hydrogen) atoms. The summed E-state index contributed by atoms with van der Waals surface area (Å²) >= 11 is 1.65. The Bertz CT molecular complexity index is 1030. The van der Waals surface area contributed by atoms with E-state index in [9.17, 15) is 4.79 Å². The van der Waals surface area contributed by atoms with Gasteiger partial charge in [0.05, 0.1) is 10.6 Å². The summed E-state index contributed by atoms with van der Waals surface area (Å²) in [5.41, 5.74) is 1.83.